The van der Waals surface area contributed by atoms with Crippen molar-refractivity contribution in [3.05, 3.63) is 58.7 Å². The maximum absolute atomic E-state index is 12.9. The van der Waals surface area contributed by atoms with E-state index in [9.17, 15) is 69.5 Å². The van der Waals surface area contributed by atoms with Gasteiger partial charge in [0.2, 0.25) is 20.0 Å². The standard InChI is InChI=1S/C18H12F12N2O4S2/c19-15(20,21)9-3-10(16(22,23)24)6-13(5-9)37(33,34)31-1-2-32-38(35,36)14-7-11(17(25,26)27)4-12(8-14)18(28,29)30/h3-8,31-32H,1-2H2. The van der Waals surface area contributed by atoms with Crippen LogP contribution in [-0.2, 0) is 44.8 Å². The van der Waals surface area contributed by atoms with Crippen molar-refractivity contribution in [2.24, 2.45) is 0 Å². The summed E-state index contributed by atoms with van der Waals surface area (Å²) < 4.78 is 207. The average Bonchev–Trinajstić information content (AvgIpc) is 2.73. The van der Waals surface area contributed by atoms with Crippen molar-refractivity contribution < 1.29 is 69.5 Å². The van der Waals surface area contributed by atoms with Crippen LogP contribution in [0.2, 0.25) is 0 Å². The highest BCUT2D eigenvalue weighted by Crippen LogP contribution is 2.38. The van der Waals surface area contributed by atoms with Gasteiger partial charge in [0.05, 0.1) is 32.0 Å². The van der Waals surface area contributed by atoms with E-state index < -0.39 is 89.9 Å². The Labute approximate surface area is 205 Å². The van der Waals surface area contributed by atoms with E-state index in [-0.39, 0.29) is 36.4 Å². The molecule has 2 N–H and O–H groups in total. The topological polar surface area (TPSA) is 92.3 Å². The Kier molecular flexibility index (Phi) is 8.48. The molecular formula is C18H12F12N2O4S2. The predicted molar refractivity (Wildman–Crippen MR) is 103 cm³/mol. The van der Waals surface area contributed by atoms with Crippen LogP contribution in [0.3, 0.4) is 0 Å². The van der Waals surface area contributed by atoms with Gasteiger partial charge in [-0.05, 0) is 36.4 Å². The second-order valence-electron chi connectivity index (χ2n) is 7.28. The highest BCUT2D eigenvalue weighted by atomic mass is 32.2. The van der Waals surface area contributed by atoms with Gasteiger partial charge in [-0.15, -0.1) is 0 Å². The van der Waals surface area contributed by atoms with Crippen LogP contribution >= 0.6 is 0 Å². The molecule has 0 heterocycles. The summed E-state index contributed by atoms with van der Waals surface area (Å²) in [5.41, 5.74) is -7.89. The molecule has 20 heteroatoms. The molecule has 6 nitrogen and oxygen atoms in total. The normalized spacial score (nSPS) is 14.1. The first-order valence-electron chi connectivity index (χ1n) is 9.42. The molecule has 38 heavy (non-hydrogen) atoms. The third kappa shape index (κ3) is 7.96. The zero-order chi connectivity index (χ0) is 29.5. The minimum Gasteiger partial charge on any atom is -0.210 e. The zero-order valence-electron chi connectivity index (χ0n) is 17.9. The smallest absolute Gasteiger partial charge is 0.210 e. The lowest BCUT2D eigenvalue weighted by molar-refractivity contribution is -0.145. The number of halogens is 12. The molecule has 0 fully saturated rings. The van der Waals surface area contributed by atoms with Gasteiger partial charge in [0, 0.05) is 13.1 Å². The molecule has 0 amide bonds. The molecule has 0 aliphatic heterocycles. The van der Waals surface area contributed by atoms with Gasteiger partial charge >= 0.3 is 24.7 Å². The van der Waals surface area contributed by atoms with E-state index in [1.54, 1.807) is 0 Å². The summed E-state index contributed by atoms with van der Waals surface area (Å²) >= 11 is 0. The Morgan fingerprint density at radius 3 is 0.842 bits per heavy atom. The van der Waals surface area contributed by atoms with Crippen molar-refractivity contribution in [1.29, 1.82) is 0 Å². The van der Waals surface area contributed by atoms with E-state index in [2.05, 4.69) is 0 Å². The Hall–Kier alpha value is -2.58. The lowest BCUT2D eigenvalue weighted by atomic mass is 10.1. The maximum atomic E-state index is 12.9. The molecule has 0 aliphatic carbocycles. The number of sulfonamides is 2. The van der Waals surface area contributed by atoms with Gasteiger partial charge in [0.15, 0.2) is 0 Å². The van der Waals surface area contributed by atoms with E-state index >= 15 is 0 Å². The predicted octanol–water partition coefficient (Wildman–Crippen LogP) is 5.02. The van der Waals surface area contributed by atoms with E-state index in [0.29, 0.717) is 0 Å². The molecule has 0 bridgehead atoms. The number of hydrogen-bond donors (Lipinski definition) is 2. The van der Waals surface area contributed by atoms with Crippen molar-refractivity contribution in [1.82, 2.24) is 9.44 Å². The van der Waals surface area contributed by atoms with Crippen LogP contribution in [0.15, 0.2) is 46.2 Å². The van der Waals surface area contributed by atoms with E-state index in [4.69, 9.17) is 0 Å². The highest BCUT2D eigenvalue weighted by molar-refractivity contribution is 7.90. The summed E-state index contributed by atoms with van der Waals surface area (Å²) in [5, 5.41) is 0. The van der Waals surface area contributed by atoms with Gasteiger partial charge < -0.3 is 0 Å². The Morgan fingerprint density at radius 1 is 0.447 bits per heavy atom. The first-order valence-corrected chi connectivity index (χ1v) is 12.4. The summed E-state index contributed by atoms with van der Waals surface area (Å²) in [6, 6.07) is -1.24. The van der Waals surface area contributed by atoms with Gasteiger partial charge in [-0.25, -0.2) is 26.3 Å². The number of hydrogen-bond acceptors (Lipinski definition) is 4. The first kappa shape index (κ1) is 31.6. The second-order valence-corrected chi connectivity index (χ2v) is 10.8. The van der Waals surface area contributed by atoms with Crippen LogP contribution < -0.4 is 9.44 Å². The summed E-state index contributed by atoms with van der Waals surface area (Å²) in [4.78, 5) is -3.01. The van der Waals surface area contributed by atoms with Crippen LogP contribution in [0.4, 0.5) is 52.7 Å². The fourth-order valence-corrected chi connectivity index (χ4v) is 4.90. The van der Waals surface area contributed by atoms with E-state index in [1.807, 2.05) is 0 Å². The lowest BCUT2D eigenvalue weighted by Gasteiger charge is -2.16. The van der Waals surface area contributed by atoms with Gasteiger partial charge in [-0.3, -0.25) is 0 Å². The van der Waals surface area contributed by atoms with Crippen molar-refractivity contribution >= 4 is 20.0 Å². The molecule has 0 radical (unpaired) electrons. The molecule has 0 saturated heterocycles. The van der Waals surface area contributed by atoms with Crippen molar-refractivity contribution in [3.63, 3.8) is 0 Å². The Bertz CT molecular complexity index is 1220. The van der Waals surface area contributed by atoms with Crippen molar-refractivity contribution in [2.45, 2.75) is 34.5 Å². The molecule has 0 aliphatic rings. The zero-order valence-corrected chi connectivity index (χ0v) is 19.5. The molecule has 2 aromatic carbocycles. The van der Waals surface area contributed by atoms with Gasteiger partial charge in [-0.1, -0.05) is 0 Å². The lowest BCUT2D eigenvalue weighted by Crippen LogP contribution is -2.35. The molecule has 0 aromatic heterocycles. The molecule has 0 saturated carbocycles. The molecule has 2 rings (SSSR count). The van der Waals surface area contributed by atoms with Crippen LogP contribution in [0, 0.1) is 0 Å². The fraction of sp³-hybridized carbons (Fsp3) is 0.333. The number of nitrogens with one attached hydrogen (secondary N) is 2. The van der Waals surface area contributed by atoms with Crippen molar-refractivity contribution in [3.8, 4) is 0 Å². The summed E-state index contributed by atoms with van der Waals surface area (Å²) in [5.74, 6) is 0. The third-order valence-electron chi connectivity index (χ3n) is 4.45. The van der Waals surface area contributed by atoms with E-state index in [0.717, 1.165) is 0 Å². The molecule has 2 aromatic rings. The van der Waals surface area contributed by atoms with Crippen LogP contribution in [0.5, 0.6) is 0 Å². The average molecular weight is 612 g/mol. The van der Waals surface area contributed by atoms with E-state index in [1.165, 1.54) is 9.44 Å². The quantitative estimate of drug-likeness (QED) is 0.340. The monoisotopic (exact) mass is 612 g/mol. The third-order valence-corrected chi connectivity index (χ3v) is 7.33. The minimum atomic E-state index is -5.39. The summed E-state index contributed by atoms with van der Waals surface area (Å²) in [6.45, 7) is -2.16. The summed E-state index contributed by atoms with van der Waals surface area (Å²) in [6.07, 6.45) is -21.6. The van der Waals surface area contributed by atoms with Gasteiger partial charge in [0.1, 0.15) is 0 Å². The number of alkyl halides is 12. The maximum Gasteiger partial charge on any atom is 0.416 e. The SMILES string of the molecule is O=S(=O)(NCCNS(=O)(=O)c1cc(C(F)(F)F)cc(C(F)(F)F)c1)c1cc(C(F)(F)F)cc(C(F)(F)F)c1. The van der Waals surface area contributed by atoms with Crippen LogP contribution in [0.1, 0.15) is 22.3 Å². The Balaban J connectivity index is 2.27. The van der Waals surface area contributed by atoms with Crippen molar-refractivity contribution in [2.75, 3.05) is 13.1 Å². The highest BCUT2D eigenvalue weighted by Gasteiger charge is 2.39. The fourth-order valence-electron chi connectivity index (χ4n) is 2.70. The minimum absolute atomic E-state index is 0.136. The molecule has 0 unspecified atom stereocenters. The number of benzene rings is 2. The van der Waals surface area contributed by atoms with Gasteiger partial charge in [-0.2, -0.15) is 52.7 Å². The molecular weight excluding hydrogens is 600 g/mol. The van der Waals surface area contributed by atoms with Gasteiger partial charge in [0.25, 0.3) is 0 Å². The van der Waals surface area contributed by atoms with Crippen LogP contribution in [-0.4, -0.2) is 29.9 Å². The summed E-state index contributed by atoms with van der Waals surface area (Å²) in [7, 11) is -10.3. The largest absolute Gasteiger partial charge is 0.416 e. The molecule has 214 valence electrons. The molecule has 0 atom stereocenters. The number of rotatable bonds is 7. The second kappa shape index (κ2) is 10.2. The Morgan fingerprint density at radius 2 is 0.658 bits per heavy atom. The molecule has 0 spiro atoms. The first-order chi connectivity index (χ1) is 16.8. The van der Waals surface area contributed by atoms with Crippen LogP contribution in [0.25, 0.3) is 0 Å².